The van der Waals surface area contributed by atoms with Gasteiger partial charge in [0.05, 0.1) is 17.3 Å². The highest BCUT2D eigenvalue weighted by Crippen LogP contribution is 2.20. The number of benzene rings is 1. The number of para-hydroxylation sites is 1. The van der Waals surface area contributed by atoms with Crippen LogP contribution < -0.4 is 5.32 Å². The van der Waals surface area contributed by atoms with Crippen molar-refractivity contribution in [2.75, 3.05) is 32.0 Å². The largest absolute Gasteiger partial charge is 0.335 e. The van der Waals surface area contributed by atoms with Crippen LogP contribution in [0.4, 0.5) is 10.5 Å². The summed E-state index contributed by atoms with van der Waals surface area (Å²) in [5.41, 5.74) is 0.389. The van der Waals surface area contributed by atoms with E-state index in [1.807, 2.05) is 0 Å². The second-order valence-corrected chi connectivity index (χ2v) is 6.06. The predicted octanol–water partition coefficient (Wildman–Crippen LogP) is 0.714. The minimum Gasteiger partial charge on any atom is -0.335 e. The average molecular weight is 393 g/mol. The van der Waals surface area contributed by atoms with Gasteiger partial charge in [-0.15, -0.1) is 6.58 Å². The summed E-state index contributed by atoms with van der Waals surface area (Å²) in [5.74, 6) is -3.31. The van der Waals surface area contributed by atoms with E-state index in [0.717, 1.165) is 4.90 Å². The maximum atomic E-state index is 12.2. The molecule has 0 atom stereocenters. The summed E-state index contributed by atoms with van der Waals surface area (Å²) in [6.07, 6.45) is 1.29. The highest BCUT2D eigenvalue weighted by molar-refractivity contribution is 6.45. The van der Waals surface area contributed by atoms with Crippen LogP contribution in [0.3, 0.4) is 0 Å². The fourth-order valence-corrected chi connectivity index (χ4v) is 2.47. The Balaban J connectivity index is 1.95. The zero-order valence-corrected chi connectivity index (χ0v) is 15.2. The summed E-state index contributed by atoms with van der Waals surface area (Å²) in [5, 5.41) is 2.89. The molecule has 1 fully saturated rings. The third-order valence-electron chi connectivity index (χ3n) is 3.69. The van der Waals surface area contributed by atoms with Gasteiger partial charge in [-0.2, -0.15) is 0 Å². The van der Waals surface area contributed by atoms with Crippen LogP contribution in [0.15, 0.2) is 36.9 Å². The van der Waals surface area contributed by atoms with Crippen LogP contribution in [-0.2, 0) is 19.2 Å². The number of amides is 6. The Bertz CT molecular complexity index is 825. The SMILES string of the molecule is C=CCN1C(=O)C(=O)N(CC(=O)N(C)CC(=O)Nc2ccccc2Cl)C1=O. The molecule has 0 unspecified atom stereocenters. The van der Waals surface area contributed by atoms with E-state index in [0.29, 0.717) is 20.5 Å². The molecule has 0 saturated carbocycles. The van der Waals surface area contributed by atoms with Crippen LogP contribution in [0, 0.1) is 0 Å². The molecule has 6 amide bonds. The van der Waals surface area contributed by atoms with Crippen molar-refractivity contribution in [3.8, 4) is 0 Å². The number of imide groups is 2. The van der Waals surface area contributed by atoms with Gasteiger partial charge in [-0.3, -0.25) is 24.1 Å². The van der Waals surface area contributed by atoms with E-state index in [1.165, 1.54) is 13.1 Å². The van der Waals surface area contributed by atoms with Gasteiger partial charge < -0.3 is 10.2 Å². The van der Waals surface area contributed by atoms with Crippen molar-refractivity contribution in [2.45, 2.75) is 0 Å². The Kier molecular flexibility index (Phi) is 6.30. The molecule has 1 aliphatic rings. The molecular weight excluding hydrogens is 376 g/mol. The molecule has 0 bridgehead atoms. The molecule has 0 aromatic heterocycles. The number of nitrogens with zero attached hydrogens (tertiary/aromatic N) is 3. The Morgan fingerprint density at radius 1 is 1.19 bits per heavy atom. The number of hydrogen-bond acceptors (Lipinski definition) is 5. The van der Waals surface area contributed by atoms with Crippen molar-refractivity contribution in [2.24, 2.45) is 0 Å². The van der Waals surface area contributed by atoms with Crippen LogP contribution in [0.1, 0.15) is 0 Å². The number of nitrogens with one attached hydrogen (secondary N) is 1. The third kappa shape index (κ3) is 4.50. The molecule has 10 heteroatoms. The van der Waals surface area contributed by atoms with Crippen LogP contribution in [-0.4, -0.2) is 71.0 Å². The van der Waals surface area contributed by atoms with Crippen molar-refractivity contribution >= 4 is 46.9 Å². The number of urea groups is 1. The van der Waals surface area contributed by atoms with E-state index in [2.05, 4.69) is 11.9 Å². The first-order chi connectivity index (χ1) is 12.8. The number of carbonyl (C=O) groups is 5. The van der Waals surface area contributed by atoms with Gasteiger partial charge >= 0.3 is 17.8 Å². The summed E-state index contributed by atoms with van der Waals surface area (Å²) in [4.78, 5) is 62.2. The van der Waals surface area contributed by atoms with Gasteiger partial charge in [0.25, 0.3) is 0 Å². The van der Waals surface area contributed by atoms with Gasteiger partial charge in [0.1, 0.15) is 6.54 Å². The predicted molar refractivity (Wildman–Crippen MR) is 96.7 cm³/mol. The van der Waals surface area contributed by atoms with Crippen molar-refractivity contribution in [3.63, 3.8) is 0 Å². The van der Waals surface area contributed by atoms with Gasteiger partial charge in [-0.05, 0) is 12.1 Å². The summed E-state index contributed by atoms with van der Waals surface area (Å²) in [6.45, 7) is 2.29. The van der Waals surface area contributed by atoms with Crippen LogP contribution >= 0.6 is 11.6 Å². The molecule has 1 saturated heterocycles. The van der Waals surface area contributed by atoms with Gasteiger partial charge in [0.15, 0.2) is 0 Å². The summed E-state index contributed by atoms with van der Waals surface area (Å²) in [6, 6.07) is 5.69. The van der Waals surface area contributed by atoms with E-state index in [1.54, 1.807) is 24.3 Å². The lowest BCUT2D eigenvalue weighted by molar-refractivity contribution is -0.144. The standard InChI is InChI=1S/C17H17ClN4O5/c1-3-8-21-15(25)16(26)22(17(21)27)10-14(24)20(2)9-13(23)19-12-7-5-4-6-11(12)18/h3-7H,1,8-10H2,2H3,(H,19,23). The van der Waals surface area contributed by atoms with E-state index >= 15 is 0 Å². The molecule has 142 valence electrons. The zero-order valence-electron chi connectivity index (χ0n) is 14.5. The van der Waals surface area contributed by atoms with Crippen molar-refractivity contribution < 1.29 is 24.0 Å². The molecule has 1 N–H and O–H groups in total. The second-order valence-electron chi connectivity index (χ2n) is 5.66. The molecule has 1 aromatic rings. The Labute approximate surface area is 160 Å². The molecule has 0 spiro atoms. The quantitative estimate of drug-likeness (QED) is 0.418. The third-order valence-corrected chi connectivity index (χ3v) is 4.02. The van der Waals surface area contributed by atoms with Crippen LogP contribution in [0.5, 0.6) is 0 Å². The zero-order chi connectivity index (χ0) is 20.1. The number of halogens is 1. The number of anilines is 1. The van der Waals surface area contributed by atoms with Gasteiger partial charge in [-0.25, -0.2) is 9.69 Å². The number of likely N-dealkylation sites (N-methyl/N-ethyl adjacent to an activating group) is 1. The smallest absolute Gasteiger partial charge is 0.335 e. The molecule has 9 nitrogen and oxygen atoms in total. The number of rotatable bonds is 7. The lowest BCUT2D eigenvalue weighted by Gasteiger charge is -2.20. The molecule has 1 aliphatic heterocycles. The molecule has 0 radical (unpaired) electrons. The summed E-state index contributed by atoms with van der Waals surface area (Å²) < 4.78 is 0. The van der Waals surface area contributed by atoms with Crippen molar-refractivity contribution in [1.82, 2.24) is 14.7 Å². The molecule has 0 aliphatic carbocycles. The topological polar surface area (TPSA) is 107 Å². The monoisotopic (exact) mass is 392 g/mol. The maximum absolute atomic E-state index is 12.2. The Morgan fingerprint density at radius 2 is 1.81 bits per heavy atom. The van der Waals surface area contributed by atoms with E-state index in [-0.39, 0.29) is 13.1 Å². The molecule has 1 aromatic carbocycles. The van der Waals surface area contributed by atoms with E-state index < -0.39 is 36.2 Å². The normalized spacial score (nSPS) is 13.8. The van der Waals surface area contributed by atoms with Crippen LogP contribution in [0.2, 0.25) is 5.02 Å². The lowest BCUT2D eigenvalue weighted by Crippen LogP contribution is -2.44. The van der Waals surface area contributed by atoms with Crippen LogP contribution in [0.25, 0.3) is 0 Å². The summed E-state index contributed by atoms with van der Waals surface area (Å²) >= 11 is 5.95. The molecule has 2 rings (SSSR count). The van der Waals surface area contributed by atoms with Gasteiger partial charge in [0, 0.05) is 13.6 Å². The van der Waals surface area contributed by atoms with Crippen molar-refractivity contribution in [1.29, 1.82) is 0 Å². The Morgan fingerprint density at radius 3 is 2.44 bits per heavy atom. The van der Waals surface area contributed by atoms with E-state index in [4.69, 9.17) is 11.6 Å². The molecular formula is C17H17ClN4O5. The van der Waals surface area contributed by atoms with Gasteiger partial charge in [0.2, 0.25) is 11.8 Å². The number of carbonyl (C=O) groups excluding carboxylic acids is 5. The second kappa shape index (κ2) is 8.45. The number of hydrogen-bond donors (Lipinski definition) is 1. The van der Waals surface area contributed by atoms with Gasteiger partial charge in [-0.1, -0.05) is 29.8 Å². The first kappa shape index (κ1) is 20.1. The fraction of sp³-hybridized carbons (Fsp3) is 0.235. The first-order valence-corrected chi connectivity index (χ1v) is 8.20. The average Bonchev–Trinajstić information content (AvgIpc) is 2.82. The fourth-order valence-electron chi connectivity index (χ4n) is 2.29. The first-order valence-electron chi connectivity index (χ1n) is 7.82. The lowest BCUT2D eigenvalue weighted by atomic mass is 10.3. The van der Waals surface area contributed by atoms with Crippen molar-refractivity contribution in [3.05, 3.63) is 41.9 Å². The maximum Gasteiger partial charge on any atom is 0.335 e. The summed E-state index contributed by atoms with van der Waals surface area (Å²) in [7, 11) is 1.34. The Hall–Kier alpha value is -3.20. The molecule has 27 heavy (non-hydrogen) atoms. The minimum absolute atomic E-state index is 0.135. The highest BCUT2D eigenvalue weighted by atomic mass is 35.5. The highest BCUT2D eigenvalue weighted by Gasteiger charge is 2.44. The van der Waals surface area contributed by atoms with E-state index in [9.17, 15) is 24.0 Å². The molecule has 1 heterocycles. The minimum atomic E-state index is -1.09.